The van der Waals surface area contributed by atoms with Crippen LogP contribution >= 0.6 is 23.5 Å². The van der Waals surface area contributed by atoms with E-state index in [0.29, 0.717) is 58.4 Å². The molecule has 0 aromatic rings. The van der Waals surface area contributed by atoms with Crippen LogP contribution in [0.5, 0.6) is 0 Å². The fourth-order valence-corrected chi connectivity index (χ4v) is 8.58. The molecular weight excluding hydrogens is 492 g/mol. The Bertz CT molecular complexity index is 1070. The van der Waals surface area contributed by atoms with Crippen LogP contribution in [0.3, 0.4) is 0 Å². The van der Waals surface area contributed by atoms with Crippen molar-refractivity contribution in [1.29, 1.82) is 21.0 Å². The van der Waals surface area contributed by atoms with Gasteiger partial charge in [-0.25, -0.2) is 0 Å². The summed E-state index contributed by atoms with van der Waals surface area (Å²) in [6.45, 7) is 0. The summed E-state index contributed by atoms with van der Waals surface area (Å²) >= 11 is 2.74. The molecule has 2 atom stereocenters. The average molecular weight is 521 g/mol. The third-order valence-corrected chi connectivity index (χ3v) is 10.4. The molecule has 2 N–H and O–H groups in total. The smallest absolute Gasteiger partial charge is 0.243 e. The molecule has 2 saturated carbocycles. The molecule has 0 bridgehead atoms. The zero-order valence-electron chi connectivity index (χ0n) is 20.1. The number of nitriles is 4. The van der Waals surface area contributed by atoms with Crippen LogP contribution in [-0.2, 0) is 9.59 Å². The van der Waals surface area contributed by atoms with Crippen LogP contribution in [0.15, 0.2) is 21.2 Å². The highest BCUT2D eigenvalue weighted by atomic mass is 32.2. The Kier molecular flexibility index (Phi) is 7.99. The zero-order valence-corrected chi connectivity index (χ0v) is 21.7. The lowest BCUT2D eigenvalue weighted by atomic mass is 9.61. The molecular formula is C26H28N6O2S2. The summed E-state index contributed by atoms with van der Waals surface area (Å²) in [6, 6.07) is 8.92. The van der Waals surface area contributed by atoms with Gasteiger partial charge >= 0.3 is 0 Å². The van der Waals surface area contributed by atoms with Crippen molar-refractivity contribution >= 4 is 35.3 Å². The maximum Gasteiger partial charge on any atom is 0.243 e. The molecule has 0 aromatic carbocycles. The van der Waals surface area contributed by atoms with Gasteiger partial charge in [-0.2, -0.15) is 21.0 Å². The van der Waals surface area contributed by atoms with Gasteiger partial charge in [-0.1, -0.05) is 38.5 Å². The third-order valence-electron chi connectivity index (χ3n) is 8.10. The highest BCUT2D eigenvalue weighted by Gasteiger charge is 2.52. The normalized spacial score (nSPS) is 26.9. The monoisotopic (exact) mass is 520 g/mol. The first-order valence-corrected chi connectivity index (χ1v) is 14.4. The molecule has 10 heteroatoms. The van der Waals surface area contributed by atoms with Crippen molar-refractivity contribution in [2.45, 2.75) is 64.2 Å². The number of thioether (sulfide) groups is 2. The van der Waals surface area contributed by atoms with E-state index in [1.165, 1.54) is 23.5 Å². The second kappa shape index (κ2) is 11.0. The van der Waals surface area contributed by atoms with E-state index in [0.717, 1.165) is 38.5 Å². The van der Waals surface area contributed by atoms with Gasteiger partial charge in [0.05, 0.1) is 45.5 Å². The van der Waals surface area contributed by atoms with E-state index in [9.17, 15) is 30.6 Å². The number of nitrogens with zero attached hydrogens (tertiary/aromatic N) is 4. The molecule has 4 aliphatic rings. The minimum absolute atomic E-state index is 0.343. The number of hydrogen-bond donors (Lipinski definition) is 2. The Balaban J connectivity index is 1.52. The number of hydrogen-bond acceptors (Lipinski definition) is 8. The maximum atomic E-state index is 12.8. The molecule has 36 heavy (non-hydrogen) atoms. The van der Waals surface area contributed by atoms with Crippen LogP contribution in [0.4, 0.5) is 0 Å². The molecule has 2 aliphatic carbocycles. The minimum Gasteiger partial charge on any atom is -0.319 e. The number of amides is 2. The molecule has 0 radical (unpaired) electrons. The van der Waals surface area contributed by atoms with Crippen LogP contribution in [-0.4, -0.2) is 23.3 Å². The fourth-order valence-electron chi connectivity index (χ4n) is 6.37. The van der Waals surface area contributed by atoms with Crippen molar-refractivity contribution in [2.24, 2.45) is 22.7 Å². The molecule has 186 valence electrons. The summed E-state index contributed by atoms with van der Waals surface area (Å²) in [7, 11) is 0. The van der Waals surface area contributed by atoms with Gasteiger partial charge in [-0.05, 0) is 25.7 Å². The van der Waals surface area contributed by atoms with E-state index >= 15 is 0 Å². The SMILES string of the molecule is N#CC1=C(SCCSC2=C(C#N)C3(CCCCC3)[C@@H](C#N)C(=O)N2)NC(=O)[C@H](C#N)C12CCCCC2. The van der Waals surface area contributed by atoms with Gasteiger partial charge in [0.15, 0.2) is 0 Å². The standard InChI is InChI=1S/C26H28N6O2S2/c27-13-17-21(33)31-23(19(15-29)25(17)7-3-1-4-8-25)35-11-12-36-24-20(16-30)26(9-5-2-6-10-26)18(14-28)22(34)32-24/h17-18H,1-12H2,(H,31,33)(H,32,34)/t17-,18-/m0/s1. The fraction of sp³-hybridized carbons (Fsp3) is 0.615. The molecule has 2 aliphatic heterocycles. The maximum absolute atomic E-state index is 12.8. The number of rotatable bonds is 5. The van der Waals surface area contributed by atoms with Crippen LogP contribution < -0.4 is 10.6 Å². The van der Waals surface area contributed by atoms with Crippen LogP contribution in [0.2, 0.25) is 0 Å². The first-order valence-electron chi connectivity index (χ1n) is 12.4. The lowest BCUT2D eigenvalue weighted by Crippen LogP contribution is -2.48. The second-order valence-corrected chi connectivity index (χ2v) is 12.1. The van der Waals surface area contributed by atoms with E-state index in [1.54, 1.807) is 0 Å². The summed E-state index contributed by atoms with van der Waals surface area (Å²) in [5, 5.41) is 46.1. The number of allylic oxidation sites excluding steroid dienone is 2. The summed E-state index contributed by atoms with van der Waals surface area (Å²) in [5.41, 5.74) is -0.422. The lowest BCUT2D eigenvalue weighted by molar-refractivity contribution is -0.127. The molecule has 0 aromatic heterocycles. The summed E-state index contributed by atoms with van der Waals surface area (Å²) in [4.78, 5) is 25.6. The molecule has 2 spiro atoms. The summed E-state index contributed by atoms with van der Waals surface area (Å²) in [5.74, 6) is -1.33. The highest BCUT2D eigenvalue weighted by Crippen LogP contribution is 2.53. The van der Waals surface area contributed by atoms with Crippen molar-refractivity contribution in [2.75, 3.05) is 11.5 Å². The Morgan fingerprint density at radius 3 is 1.33 bits per heavy atom. The van der Waals surface area contributed by atoms with Gasteiger partial charge in [0.2, 0.25) is 11.8 Å². The largest absolute Gasteiger partial charge is 0.319 e. The molecule has 4 rings (SSSR count). The van der Waals surface area contributed by atoms with Gasteiger partial charge in [0.1, 0.15) is 11.8 Å². The summed E-state index contributed by atoms with van der Waals surface area (Å²) in [6.07, 6.45) is 8.27. The van der Waals surface area contributed by atoms with E-state index in [4.69, 9.17) is 0 Å². The molecule has 0 unspecified atom stereocenters. The van der Waals surface area contributed by atoms with Crippen molar-refractivity contribution in [3.05, 3.63) is 21.2 Å². The van der Waals surface area contributed by atoms with Crippen molar-refractivity contribution in [3.8, 4) is 24.3 Å². The first-order chi connectivity index (χ1) is 17.5. The van der Waals surface area contributed by atoms with Gasteiger partial charge < -0.3 is 10.6 Å². The topological polar surface area (TPSA) is 153 Å². The quantitative estimate of drug-likeness (QED) is 0.507. The van der Waals surface area contributed by atoms with Crippen molar-refractivity contribution in [1.82, 2.24) is 10.6 Å². The van der Waals surface area contributed by atoms with E-state index < -0.39 is 22.7 Å². The van der Waals surface area contributed by atoms with Gasteiger partial charge in [0.25, 0.3) is 0 Å². The predicted octanol–water partition coefficient (Wildman–Crippen LogP) is 4.36. The number of carbonyl (C=O) groups is 2. The molecule has 2 heterocycles. The lowest BCUT2D eigenvalue weighted by Gasteiger charge is -2.43. The number of nitrogens with one attached hydrogen (secondary N) is 2. The Labute approximate surface area is 220 Å². The van der Waals surface area contributed by atoms with Crippen molar-refractivity contribution in [3.63, 3.8) is 0 Å². The van der Waals surface area contributed by atoms with Crippen molar-refractivity contribution < 1.29 is 9.59 Å². The predicted molar refractivity (Wildman–Crippen MR) is 136 cm³/mol. The highest BCUT2D eigenvalue weighted by molar-refractivity contribution is 8.06. The van der Waals surface area contributed by atoms with Gasteiger partial charge in [-0.3, -0.25) is 9.59 Å². The zero-order chi connectivity index (χ0) is 25.8. The Morgan fingerprint density at radius 1 is 0.667 bits per heavy atom. The summed E-state index contributed by atoms with van der Waals surface area (Å²) < 4.78 is 0. The van der Waals surface area contributed by atoms with Gasteiger partial charge in [-0.15, -0.1) is 23.5 Å². The second-order valence-electron chi connectivity index (χ2n) is 9.87. The van der Waals surface area contributed by atoms with E-state index in [2.05, 4.69) is 34.9 Å². The Morgan fingerprint density at radius 2 is 1.03 bits per heavy atom. The molecule has 8 nitrogen and oxygen atoms in total. The van der Waals surface area contributed by atoms with Crippen LogP contribution in [0.1, 0.15) is 64.2 Å². The third kappa shape index (κ3) is 4.39. The van der Waals surface area contributed by atoms with E-state index in [1.807, 2.05) is 0 Å². The molecule has 2 amide bonds. The average Bonchev–Trinajstić information content (AvgIpc) is 2.88. The molecule has 2 fully saturated rings. The molecule has 0 saturated heterocycles. The minimum atomic E-state index is -0.855. The first kappa shape index (κ1) is 26.2. The van der Waals surface area contributed by atoms with E-state index in [-0.39, 0.29) is 11.8 Å². The van der Waals surface area contributed by atoms with Crippen LogP contribution in [0, 0.1) is 68.0 Å². The van der Waals surface area contributed by atoms with Gasteiger partial charge in [0, 0.05) is 22.3 Å². The van der Waals surface area contributed by atoms with Crippen LogP contribution in [0.25, 0.3) is 0 Å². The number of carbonyl (C=O) groups excluding carboxylic acids is 2. The Hall–Kier alpha value is -2.92.